The number of rotatable bonds is 6. The first-order valence-electron chi connectivity index (χ1n) is 6.38. The summed E-state index contributed by atoms with van der Waals surface area (Å²) in [4.78, 5) is 11.9. The van der Waals surface area contributed by atoms with Crippen LogP contribution >= 0.6 is 15.9 Å². The van der Waals surface area contributed by atoms with E-state index in [0.717, 1.165) is 6.42 Å². The molecule has 1 rings (SSSR count). The van der Waals surface area contributed by atoms with Gasteiger partial charge in [-0.05, 0) is 52.9 Å². The minimum atomic E-state index is -0.448. The van der Waals surface area contributed by atoms with Gasteiger partial charge in [0.1, 0.15) is 5.82 Å². The fraction of sp³-hybridized carbons (Fsp3) is 0.500. The van der Waals surface area contributed by atoms with Gasteiger partial charge in [0.15, 0.2) is 0 Å². The number of amides is 1. The van der Waals surface area contributed by atoms with Gasteiger partial charge >= 0.3 is 0 Å². The number of hydrogen-bond acceptors (Lipinski definition) is 2. The summed E-state index contributed by atoms with van der Waals surface area (Å²) < 4.78 is 14.1. The molecule has 0 heterocycles. The molecule has 0 radical (unpaired) electrons. The van der Waals surface area contributed by atoms with Gasteiger partial charge in [0.2, 0.25) is 5.91 Å². The van der Waals surface area contributed by atoms with Gasteiger partial charge in [-0.25, -0.2) is 4.39 Å². The summed E-state index contributed by atoms with van der Waals surface area (Å²) >= 11 is 3.22. The van der Waals surface area contributed by atoms with Crippen molar-refractivity contribution in [3.8, 4) is 0 Å². The number of para-hydroxylation sites is 1. The predicted octanol–water partition coefficient (Wildman–Crippen LogP) is 3.54. The van der Waals surface area contributed by atoms with E-state index in [1.165, 1.54) is 6.07 Å². The van der Waals surface area contributed by atoms with Gasteiger partial charge in [-0.15, -0.1) is 0 Å². The SMILES string of the molecule is CC(C)C[C@H](CN)CC(=O)Nc1c(F)cccc1Br. The number of carbonyl (C=O) groups excluding carboxylic acids is 1. The standard InChI is InChI=1S/C14H20BrFN2O/c1-9(2)6-10(8-17)7-13(19)18-14-11(15)4-3-5-12(14)16/h3-5,9-10H,6-8,17H2,1-2H3,(H,18,19)/t10-/m0/s1. The van der Waals surface area contributed by atoms with Crippen molar-refractivity contribution in [2.24, 2.45) is 17.6 Å². The van der Waals surface area contributed by atoms with E-state index >= 15 is 0 Å². The van der Waals surface area contributed by atoms with Gasteiger partial charge < -0.3 is 11.1 Å². The van der Waals surface area contributed by atoms with Crippen molar-refractivity contribution >= 4 is 27.5 Å². The third-order valence-corrected chi connectivity index (χ3v) is 3.50. The Morgan fingerprint density at radius 3 is 2.68 bits per heavy atom. The lowest BCUT2D eigenvalue weighted by Gasteiger charge is -2.17. The molecule has 1 atom stereocenters. The minimum Gasteiger partial charge on any atom is -0.330 e. The average molecular weight is 331 g/mol. The number of halogens is 2. The lowest BCUT2D eigenvalue weighted by molar-refractivity contribution is -0.117. The van der Waals surface area contributed by atoms with Crippen molar-refractivity contribution in [1.82, 2.24) is 0 Å². The van der Waals surface area contributed by atoms with Crippen LogP contribution < -0.4 is 11.1 Å². The summed E-state index contributed by atoms with van der Waals surface area (Å²) in [5, 5.41) is 2.60. The predicted molar refractivity (Wildman–Crippen MR) is 79.3 cm³/mol. The molecule has 1 aromatic rings. The van der Waals surface area contributed by atoms with E-state index in [-0.39, 0.29) is 17.5 Å². The van der Waals surface area contributed by atoms with Crippen molar-refractivity contribution in [1.29, 1.82) is 0 Å². The molecule has 0 aliphatic rings. The van der Waals surface area contributed by atoms with Gasteiger partial charge in [-0.1, -0.05) is 19.9 Å². The maximum atomic E-state index is 13.6. The molecular formula is C14H20BrFN2O. The number of benzene rings is 1. The summed E-state index contributed by atoms with van der Waals surface area (Å²) in [5.41, 5.74) is 5.85. The first-order valence-corrected chi connectivity index (χ1v) is 7.17. The Morgan fingerprint density at radius 2 is 2.16 bits per heavy atom. The maximum Gasteiger partial charge on any atom is 0.224 e. The molecule has 0 saturated carbocycles. The molecule has 0 fully saturated rings. The Balaban J connectivity index is 2.64. The molecule has 19 heavy (non-hydrogen) atoms. The molecule has 1 amide bonds. The molecule has 3 nitrogen and oxygen atoms in total. The lowest BCUT2D eigenvalue weighted by atomic mass is 9.94. The van der Waals surface area contributed by atoms with Crippen LogP contribution in [0.3, 0.4) is 0 Å². The van der Waals surface area contributed by atoms with Crippen molar-refractivity contribution in [3.05, 3.63) is 28.5 Å². The van der Waals surface area contributed by atoms with Crippen LogP contribution in [-0.2, 0) is 4.79 Å². The number of nitrogens with two attached hydrogens (primary N) is 1. The molecular weight excluding hydrogens is 311 g/mol. The van der Waals surface area contributed by atoms with Crippen molar-refractivity contribution < 1.29 is 9.18 Å². The van der Waals surface area contributed by atoms with E-state index < -0.39 is 5.82 Å². The van der Waals surface area contributed by atoms with Crippen LogP contribution in [0.4, 0.5) is 10.1 Å². The molecule has 3 N–H and O–H groups in total. The lowest BCUT2D eigenvalue weighted by Crippen LogP contribution is -2.24. The van der Waals surface area contributed by atoms with Crippen LogP contribution in [0, 0.1) is 17.7 Å². The molecule has 0 unspecified atom stereocenters. The summed E-state index contributed by atoms with van der Waals surface area (Å²) in [6.07, 6.45) is 1.21. The molecule has 0 aliphatic carbocycles. The second kappa shape index (κ2) is 7.60. The van der Waals surface area contributed by atoms with Crippen LogP contribution in [0.1, 0.15) is 26.7 Å². The van der Waals surface area contributed by atoms with Gasteiger partial charge in [-0.3, -0.25) is 4.79 Å². The van der Waals surface area contributed by atoms with Crippen LogP contribution in [0.5, 0.6) is 0 Å². The van der Waals surface area contributed by atoms with E-state index in [1.54, 1.807) is 12.1 Å². The average Bonchev–Trinajstić information content (AvgIpc) is 2.32. The fourth-order valence-electron chi connectivity index (χ4n) is 2.00. The molecule has 0 bridgehead atoms. The molecule has 0 saturated heterocycles. The minimum absolute atomic E-state index is 0.130. The summed E-state index contributed by atoms with van der Waals surface area (Å²) in [5.74, 6) is -0.0371. The van der Waals surface area contributed by atoms with Crippen LogP contribution in [0.15, 0.2) is 22.7 Å². The second-order valence-corrected chi connectivity index (χ2v) is 5.93. The fourth-order valence-corrected chi connectivity index (χ4v) is 2.44. The molecule has 0 aliphatic heterocycles. The Hall–Kier alpha value is -0.940. The van der Waals surface area contributed by atoms with E-state index in [4.69, 9.17) is 5.73 Å². The Kier molecular flexibility index (Phi) is 6.45. The Bertz CT molecular complexity index is 417. The normalized spacial score (nSPS) is 12.5. The molecule has 0 aromatic heterocycles. The highest BCUT2D eigenvalue weighted by atomic mass is 79.9. The third kappa shape index (κ3) is 5.28. The Labute approximate surface area is 121 Å². The second-order valence-electron chi connectivity index (χ2n) is 5.08. The summed E-state index contributed by atoms with van der Waals surface area (Å²) in [6, 6.07) is 4.58. The van der Waals surface area contributed by atoms with Crippen molar-refractivity contribution in [2.45, 2.75) is 26.7 Å². The smallest absolute Gasteiger partial charge is 0.224 e. The molecule has 0 spiro atoms. The first kappa shape index (κ1) is 16.1. The van der Waals surface area contributed by atoms with Gasteiger partial charge in [0, 0.05) is 10.9 Å². The summed E-state index contributed by atoms with van der Waals surface area (Å²) in [7, 11) is 0. The maximum absolute atomic E-state index is 13.6. The van der Waals surface area contributed by atoms with E-state index in [0.29, 0.717) is 23.4 Å². The molecule has 1 aromatic carbocycles. The largest absolute Gasteiger partial charge is 0.330 e. The highest BCUT2D eigenvalue weighted by molar-refractivity contribution is 9.10. The monoisotopic (exact) mass is 330 g/mol. The zero-order valence-corrected chi connectivity index (χ0v) is 12.8. The van der Waals surface area contributed by atoms with Gasteiger partial charge in [-0.2, -0.15) is 0 Å². The highest BCUT2D eigenvalue weighted by Gasteiger charge is 2.16. The van der Waals surface area contributed by atoms with E-state index in [1.807, 2.05) is 0 Å². The number of nitrogens with one attached hydrogen (secondary N) is 1. The third-order valence-electron chi connectivity index (χ3n) is 2.84. The zero-order chi connectivity index (χ0) is 14.4. The first-order chi connectivity index (χ1) is 8.93. The number of anilines is 1. The molecule has 106 valence electrons. The van der Waals surface area contributed by atoms with Gasteiger partial charge in [0.25, 0.3) is 0 Å². The van der Waals surface area contributed by atoms with E-state index in [9.17, 15) is 9.18 Å². The topological polar surface area (TPSA) is 55.1 Å². The van der Waals surface area contributed by atoms with Crippen LogP contribution in [0.2, 0.25) is 0 Å². The Morgan fingerprint density at radius 1 is 1.47 bits per heavy atom. The zero-order valence-electron chi connectivity index (χ0n) is 11.2. The van der Waals surface area contributed by atoms with Crippen LogP contribution in [-0.4, -0.2) is 12.5 Å². The number of carbonyl (C=O) groups is 1. The number of hydrogen-bond donors (Lipinski definition) is 2. The van der Waals surface area contributed by atoms with Crippen LogP contribution in [0.25, 0.3) is 0 Å². The van der Waals surface area contributed by atoms with Gasteiger partial charge in [0.05, 0.1) is 5.69 Å². The van der Waals surface area contributed by atoms with Crippen molar-refractivity contribution in [2.75, 3.05) is 11.9 Å². The molecule has 5 heteroatoms. The van der Waals surface area contributed by atoms with Crippen molar-refractivity contribution in [3.63, 3.8) is 0 Å². The highest BCUT2D eigenvalue weighted by Crippen LogP contribution is 2.25. The quantitative estimate of drug-likeness (QED) is 0.838. The van der Waals surface area contributed by atoms with E-state index in [2.05, 4.69) is 35.1 Å². The summed E-state index contributed by atoms with van der Waals surface area (Å²) in [6.45, 7) is 4.64.